The first-order valence-electron chi connectivity index (χ1n) is 9.14. The van der Waals surface area contributed by atoms with Crippen LogP contribution in [0.4, 0.5) is 0 Å². The molecule has 0 saturated carbocycles. The van der Waals surface area contributed by atoms with E-state index in [1.165, 1.54) is 0 Å². The van der Waals surface area contributed by atoms with Crippen LogP contribution in [0.1, 0.15) is 33.6 Å². The number of hydrogen-bond acceptors (Lipinski definition) is 7. The molecule has 0 spiro atoms. The molecular formula is C21H20O6S. The zero-order valence-electron chi connectivity index (χ0n) is 15.2. The van der Waals surface area contributed by atoms with Crippen LogP contribution < -0.4 is 9.47 Å². The highest BCUT2D eigenvalue weighted by molar-refractivity contribution is 7.99. The van der Waals surface area contributed by atoms with Gasteiger partial charge in [0.1, 0.15) is 0 Å². The van der Waals surface area contributed by atoms with Crippen molar-refractivity contribution in [3.05, 3.63) is 53.6 Å². The smallest absolute Gasteiger partial charge is 0.339 e. The Morgan fingerprint density at radius 1 is 1.11 bits per heavy atom. The minimum Gasteiger partial charge on any atom is -0.454 e. The largest absolute Gasteiger partial charge is 0.454 e. The molecule has 4 rings (SSSR count). The molecule has 0 bridgehead atoms. The van der Waals surface area contributed by atoms with E-state index in [2.05, 4.69) is 0 Å². The number of rotatable bonds is 7. The minimum atomic E-state index is -0.510. The Morgan fingerprint density at radius 3 is 2.82 bits per heavy atom. The van der Waals surface area contributed by atoms with E-state index in [9.17, 15) is 9.59 Å². The van der Waals surface area contributed by atoms with Gasteiger partial charge in [0.05, 0.1) is 11.7 Å². The van der Waals surface area contributed by atoms with Gasteiger partial charge < -0.3 is 18.9 Å². The van der Waals surface area contributed by atoms with E-state index in [1.54, 1.807) is 42.1 Å². The molecule has 1 saturated heterocycles. The van der Waals surface area contributed by atoms with Gasteiger partial charge >= 0.3 is 5.97 Å². The minimum absolute atomic E-state index is 0.141. The monoisotopic (exact) mass is 400 g/mol. The summed E-state index contributed by atoms with van der Waals surface area (Å²) in [4.78, 5) is 25.7. The first-order valence-corrected chi connectivity index (χ1v) is 10.1. The van der Waals surface area contributed by atoms with Crippen molar-refractivity contribution < 1.29 is 28.5 Å². The van der Waals surface area contributed by atoms with Gasteiger partial charge in [0.15, 0.2) is 23.9 Å². The van der Waals surface area contributed by atoms with Gasteiger partial charge in [-0.1, -0.05) is 12.1 Å². The molecule has 7 heteroatoms. The Morgan fingerprint density at radius 2 is 1.96 bits per heavy atom. The van der Waals surface area contributed by atoms with Crippen molar-refractivity contribution in [2.75, 3.05) is 25.8 Å². The van der Waals surface area contributed by atoms with E-state index in [0.29, 0.717) is 22.6 Å². The van der Waals surface area contributed by atoms with Crippen molar-refractivity contribution in [2.24, 2.45) is 0 Å². The van der Waals surface area contributed by atoms with Crippen LogP contribution >= 0.6 is 11.8 Å². The topological polar surface area (TPSA) is 71.1 Å². The molecule has 2 heterocycles. The SMILES string of the molecule is O=C(COC(=O)c1ccccc1SC[C@H]1CCCO1)c1ccc2c(c1)OCO2. The zero-order chi connectivity index (χ0) is 19.3. The van der Waals surface area contributed by atoms with E-state index >= 15 is 0 Å². The quantitative estimate of drug-likeness (QED) is 0.398. The number of carbonyl (C=O) groups excluding carboxylic acids is 2. The van der Waals surface area contributed by atoms with Crippen LogP contribution in [0.25, 0.3) is 0 Å². The van der Waals surface area contributed by atoms with Crippen molar-refractivity contribution in [1.29, 1.82) is 0 Å². The van der Waals surface area contributed by atoms with E-state index in [1.807, 2.05) is 12.1 Å². The number of carbonyl (C=O) groups is 2. The molecule has 146 valence electrons. The maximum Gasteiger partial charge on any atom is 0.339 e. The predicted molar refractivity (Wildman–Crippen MR) is 103 cm³/mol. The fraction of sp³-hybridized carbons (Fsp3) is 0.333. The van der Waals surface area contributed by atoms with Gasteiger partial charge in [0.2, 0.25) is 6.79 Å². The lowest BCUT2D eigenvalue weighted by Gasteiger charge is -2.12. The van der Waals surface area contributed by atoms with Crippen molar-refractivity contribution in [1.82, 2.24) is 0 Å². The third kappa shape index (κ3) is 4.31. The average Bonchev–Trinajstić information content (AvgIpc) is 3.41. The Kier molecular flexibility index (Phi) is 5.83. The van der Waals surface area contributed by atoms with Gasteiger partial charge in [0.25, 0.3) is 0 Å². The highest BCUT2D eigenvalue weighted by Crippen LogP contribution is 2.32. The first kappa shape index (κ1) is 18.8. The highest BCUT2D eigenvalue weighted by Gasteiger charge is 2.20. The molecule has 0 radical (unpaired) electrons. The number of thioether (sulfide) groups is 1. The molecule has 0 unspecified atom stereocenters. The van der Waals surface area contributed by atoms with E-state index in [4.69, 9.17) is 18.9 Å². The zero-order valence-corrected chi connectivity index (χ0v) is 16.0. The molecule has 2 aromatic carbocycles. The maximum absolute atomic E-state index is 12.5. The van der Waals surface area contributed by atoms with E-state index in [0.717, 1.165) is 30.1 Å². The summed E-state index contributed by atoms with van der Waals surface area (Å²) in [5.41, 5.74) is 0.877. The van der Waals surface area contributed by atoms with Crippen LogP contribution in [-0.4, -0.2) is 43.6 Å². The third-order valence-electron chi connectivity index (χ3n) is 4.58. The Balaban J connectivity index is 1.36. The number of Topliss-reactive ketones (excluding diaryl/α,β-unsaturated/α-hetero) is 1. The van der Waals surface area contributed by atoms with Crippen LogP contribution in [0.3, 0.4) is 0 Å². The van der Waals surface area contributed by atoms with Crippen molar-refractivity contribution in [3.63, 3.8) is 0 Å². The van der Waals surface area contributed by atoms with Gasteiger partial charge in [-0.2, -0.15) is 0 Å². The summed E-state index contributed by atoms with van der Waals surface area (Å²) in [5.74, 6) is 1.11. The van der Waals surface area contributed by atoms with Crippen molar-refractivity contribution in [2.45, 2.75) is 23.8 Å². The van der Waals surface area contributed by atoms with Crippen LogP contribution in [-0.2, 0) is 9.47 Å². The Hall–Kier alpha value is -2.51. The molecular weight excluding hydrogens is 380 g/mol. The Bertz CT molecular complexity index is 875. The standard InChI is InChI=1S/C21H20O6S/c22-17(14-7-8-18-19(10-14)27-13-26-18)11-25-21(23)16-5-1-2-6-20(16)28-12-15-4-3-9-24-15/h1-2,5-8,10,15H,3-4,9,11-13H2/t15-/m1/s1. The predicted octanol–water partition coefficient (Wildman–Crippen LogP) is 3.73. The lowest BCUT2D eigenvalue weighted by molar-refractivity contribution is 0.0471. The molecule has 28 heavy (non-hydrogen) atoms. The molecule has 2 aliphatic rings. The summed E-state index contributed by atoms with van der Waals surface area (Å²) in [6.07, 6.45) is 2.35. The van der Waals surface area contributed by atoms with Crippen LogP contribution in [0.5, 0.6) is 11.5 Å². The van der Waals surface area contributed by atoms with Gasteiger partial charge in [-0.15, -0.1) is 11.8 Å². The number of benzene rings is 2. The van der Waals surface area contributed by atoms with Crippen LogP contribution in [0.2, 0.25) is 0 Å². The molecule has 1 fully saturated rings. The van der Waals surface area contributed by atoms with Crippen molar-refractivity contribution >= 4 is 23.5 Å². The maximum atomic E-state index is 12.5. The van der Waals surface area contributed by atoms with E-state index < -0.39 is 5.97 Å². The first-order chi connectivity index (χ1) is 13.7. The molecule has 2 aliphatic heterocycles. The van der Waals surface area contributed by atoms with Gasteiger partial charge in [-0.25, -0.2) is 4.79 Å². The third-order valence-corrected chi connectivity index (χ3v) is 5.79. The summed E-state index contributed by atoms with van der Waals surface area (Å²) in [6.45, 7) is 0.614. The van der Waals surface area contributed by atoms with Gasteiger partial charge in [-0.05, 0) is 43.2 Å². The molecule has 0 N–H and O–H groups in total. The second-order valence-corrected chi connectivity index (χ2v) is 7.57. The summed E-state index contributed by atoms with van der Waals surface area (Å²) < 4.78 is 21.4. The second-order valence-electron chi connectivity index (χ2n) is 6.51. The number of esters is 1. The molecule has 0 amide bonds. The number of ketones is 1. The lowest BCUT2D eigenvalue weighted by Crippen LogP contribution is -2.15. The van der Waals surface area contributed by atoms with Crippen LogP contribution in [0, 0.1) is 0 Å². The molecule has 6 nitrogen and oxygen atoms in total. The summed E-state index contributed by atoms with van der Waals surface area (Å²) >= 11 is 1.58. The van der Waals surface area contributed by atoms with E-state index in [-0.39, 0.29) is 25.3 Å². The fourth-order valence-corrected chi connectivity index (χ4v) is 4.19. The summed E-state index contributed by atoms with van der Waals surface area (Å²) in [5, 5.41) is 0. The van der Waals surface area contributed by atoms with Gasteiger partial charge in [0, 0.05) is 22.8 Å². The Labute approximate surface area is 167 Å². The molecule has 2 aromatic rings. The number of ether oxygens (including phenoxy) is 4. The van der Waals surface area contributed by atoms with Crippen LogP contribution in [0.15, 0.2) is 47.4 Å². The van der Waals surface area contributed by atoms with Crippen molar-refractivity contribution in [3.8, 4) is 11.5 Å². The molecule has 0 aromatic heterocycles. The number of fused-ring (bicyclic) bond motifs is 1. The van der Waals surface area contributed by atoms with Gasteiger partial charge in [-0.3, -0.25) is 4.79 Å². The summed E-state index contributed by atoms with van der Waals surface area (Å²) in [6, 6.07) is 12.2. The molecule has 0 aliphatic carbocycles. The second kappa shape index (κ2) is 8.67. The summed E-state index contributed by atoms with van der Waals surface area (Å²) in [7, 11) is 0. The average molecular weight is 400 g/mol. The molecule has 1 atom stereocenters. The fourth-order valence-electron chi connectivity index (χ4n) is 3.08. The normalized spacial score (nSPS) is 17.5. The highest BCUT2D eigenvalue weighted by atomic mass is 32.2. The lowest BCUT2D eigenvalue weighted by atomic mass is 10.1. The number of hydrogen-bond donors (Lipinski definition) is 0.